The first kappa shape index (κ1) is 14.3. The first-order valence-electron chi connectivity index (χ1n) is 7.58. The van der Waals surface area contributed by atoms with Gasteiger partial charge in [-0.25, -0.2) is 0 Å². The molecule has 0 aliphatic heterocycles. The lowest BCUT2D eigenvalue weighted by molar-refractivity contribution is 0.307. The molecule has 0 spiro atoms. The summed E-state index contributed by atoms with van der Waals surface area (Å²) in [4.78, 5) is 0. The molecule has 1 aromatic heterocycles. The zero-order valence-electron chi connectivity index (χ0n) is 12.8. The fourth-order valence-corrected chi connectivity index (χ4v) is 2.62. The summed E-state index contributed by atoms with van der Waals surface area (Å²) in [7, 11) is 0. The van der Waals surface area contributed by atoms with Gasteiger partial charge >= 0.3 is 6.01 Å². The maximum absolute atomic E-state index is 5.90. The van der Waals surface area contributed by atoms with E-state index in [4.69, 9.17) is 14.9 Å². The van der Waals surface area contributed by atoms with Crippen LogP contribution < -0.4 is 10.5 Å². The average molecular weight is 317 g/mol. The number of fused-ring (bicyclic) bond motifs is 1. The molecule has 4 rings (SSSR count). The summed E-state index contributed by atoms with van der Waals surface area (Å²) in [6, 6.07) is 22.1. The van der Waals surface area contributed by atoms with E-state index in [2.05, 4.69) is 34.5 Å². The van der Waals surface area contributed by atoms with Crippen LogP contribution in [-0.4, -0.2) is 10.2 Å². The highest BCUT2D eigenvalue weighted by Crippen LogP contribution is 2.24. The Balaban J connectivity index is 1.51. The molecular weight excluding hydrogens is 302 g/mol. The SMILES string of the molecule is Nc1nnc(-c2ccc(OCc3cccc4ccccc34)cc2)o1. The second-order valence-electron chi connectivity index (χ2n) is 5.40. The van der Waals surface area contributed by atoms with Crippen LogP contribution in [0.2, 0.25) is 0 Å². The first-order valence-corrected chi connectivity index (χ1v) is 7.58. The van der Waals surface area contributed by atoms with Gasteiger partial charge in [-0.1, -0.05) is 47.6 Å². The molecule has 0 saturated carbocycles. The number of nitrogens with zero attached hydrogens (tertiary/aromatic N) is 2. The zero-order valence-corrected chi connectivity index (χ0v) is 12.8. The summed E-state index contributed by atoms with van der Waals surface area (Å²) in [6.45, 7) is 0.508. The third-order valence-corrected chi connectivity index (χ3v) is 3.82. The van der Waals surface area contributed by atoms with E-state index in [-0.39, 0.29) is 6.01 Å². The Morgan fingerprint density at radius 2 is 1.67 bits per heavy atom. The smallest absolute Gasteiger partial charge is 0.313 e. The van der Waals surface area contributed by atoms with E-state index in [0.29, 0.717) is 12.5 Å². The number of rotatable bonds is 4. The molecule has 5 heteroatoms. The molecule has 3 aromatic carbocycles. The molecule has 0 aliphatic carbocycles. The number of aromatic nitrogens is 2. The fourth-order valence-electron chi connectivity index (χ4n) is 2.62. The summed E-state index contributed by atoms with van der Waals surface area (Å²) in [5.74, 6) is 1.17. The van der Waals surface area contributed by atoms with Gasteiger partial charge in [0.15, 0.2) is 0 Å². The largest absolute Gasteiger partial charge is 0.489 e. The number of hydrogen-bond acceptors (Lipinski definition) is 5. The van der Waals surface area contributed by atoms with Crippen molar-refractivity contribution in [2.24, 2.45) is 0 Å². The van der Waals surface area contributed by atoms with Gasteiger partial charge in [0.05, 0.1) is 0 Å². The fraction of sp³-hybridized carbons (Fsp3) is 0.0526. The predicted molar refractivity (Wildman–Crippen MR) is 92.4 cm³/mol. The lowest BCUT2D eigenvalue weighted by atomic mass is 10.1. The summed E-state index contributed by atoms with van der Waals surface area (Å²) in [5, 5.41) is 9.93. The molecule has 2 N–H and O–H groups in total. The highest BCUT2D eigenvalue weighted by atomic mass is 16.5. The van der Waals surface area contributed by atoms with Gasteiger partial charge in [-0.2, -0.15) is 0 Å². The predicted octanol–water partition coefficient (Wildman–Crippen LogP) is 4.05. The zero-order chi connectivity index (χ0) is 16.4. The van der Waals surface area contributed by atoms with E-state index < -0.39 is 0 Å². The highest BCUT2D eigenvalue weighted by molar-refractivity contribution is 5.85. The molecule has 1 heterocycles. The summed E-state index contributed by atoms with van der Waals surface area (Å²) >= 11 is 0. The van der Waals surface area contributed by atoms with Gasteiger partial charge in [0.1, 0.15) is 12.4 Å². The number of anilines is 1. The van der Waals surface area contributed by atoms with Gasteiger partial charge in [-0.05, 0) is 40.6 Å². The van der Waals surface area contributed by atoms with Gasteiger partial charge in [0.25, 0.3) is 0 Å². The third kappa shape index (κ3) is 2.79. The molecule has 5 nitrogen and oxygen atoms in total. The van der Waals surface area contributed by atoms with Crippen molar-refractivity contribution < 1.29 is 9.15 Å². The molecular formula is C19H15N3O2. The van der Waals surface area contributed by atoms with Crippen LogP contribution >= 0.6 is 0 Å². The Morgan fingerprint density at radius 1 is 0.875 bits per heavy atom. The standard InChI is InChI=1S/C19H15N3O2/c20-19-22-21-18(24-19)14-8-10-16(11-9-14)23-12-15-6-3-5-13-4-1-2-7-17(13)15/h1-11H,12H2,(H2,20,22). The Bertz CT molecular complexity index is 972. The normalized spacial score (nSPS) is 10.8. The summed E-state index contributed by atoms with van der Waals surface area (Å²) in [5.41, 5.74) is 7.40. The van der Waals surface area contributed by atoms with Crippen LogP contribution in [0.25, 0.3) is 22.2 Å². The van der Waals surface area contributed by atoms with Crippen LogP contribution in [0.15, 0.2) is 71.1 Å². The van der Waals surface area contributed by atoms with E-state index in [9.17, 15) is 0 Å². The average Bonchev–Trinajstić information content (AvgIpc) is 3.07. The van der Waals surface area contributed by atoms with Crippen molar-refractivity contribution in [3.63, 3.8) is 0 Å². The maximum Gasteiger partial charge on any atom is 0.313 e. The van der Waals surface area contributed by atoms with Crippen LogP contribution in [0, 0.1) is 0 Å². The minimum absolute atomic E-state index is 0.0567. The molecule has 0 atom stereocenters. The van der Waals surface area contributed by atoms with Crippen molar-refractivity contribution in [1.29, 1.82) is 0 Å². The monoisotopic (exact) mass is 317 g/mol. The van der Waals surface area contributed by atoms with Crippen LogP contribution in [0.5, 0.6) is 5.75 Å². The van der Waals surface area contributed by atoms with Crippen molar-refractivity contribution in [3.05, 3.63) is 72.3 Å². The van der Waals surface area contributed by atoms with E-state index in [1.807, 2.05) is 42.5 Å². The quantitative estimate of drug-likeness (QED) is 0.614. The lowest BCUT2D eigenvalue weighted by Gasteiger charge is -2.09. The van der Waals surface area contributed by atoms with Crippen molar-refractivity contribution in [3.8, 4) is 17.2 Å². The Kier molecular flexibility index (Phi) is 3.59. The Labute approximate surface area is 138 Å². The van der Waals surface area contributed by atoms with Crippen LogP contribution in [-0.2, 0) is 6.61 Å². The molecule has 0 saturated heterocycles. The van der Waals surface area contributed by atoms with E-state index in [0.717, 1.165) is 16.9 Å². The van der Waals surface area contributed by atoms with Gasteiger partial charge < -0.3 is 14.9 Å². The molecule has 0 aliphatic rings. The number of nitrogens with two attached hydrogens (primary N) is 1. The van der Waals surface area contributed by atoms with E-state index >= 15 is 0 Å². The molecule has 0 bridgehead atoms. The molecule has 0 unspecified atom stereocenters. The van der Waals surface area contributed by atoms with Gasteiger partial charge in [-0.15, -0.1) is 5.10 Å². The number of hydrogen-bond donors (Lipinski definition) is 1. The molecule has 0 amide bonds. The Hall–Kier alpha value is -3.34. The van der Waals surface area contributed by atoms with E-state index in [1.54, 1.807) is 0 Å². The third-order valence-electron chi connectivity index (χ3n) is 3.82. The molecule has 0 fully saturated rings. The lowest BCUT2D eigenvalue weighted by Crippen LogP contribution is -1.96. The molecule has 4 aromatic rings. The summed E-state index contributed by atoms with van der Waals surface area (Å²) < 4.78 is 11.1. The second-order valence-corrected chi connectivity index (χ2v) is 5.40. The minimum Gasteiger partial charge on any atom is -0.489 e. The topological polar surface area (TPSA) is 74.2 Å². The van der Waals surface area contributed by atoms with Crippen LogP contribution in [0.4, 0.5) is 6.01 Å². The molecule has 118 valence electrons. The van der Waals surface area contributed by atoms with Crippen molar-refractivity contribution in [1.82, 2.24) is 10.2 Å². The minimum atomic E-state index is 0.0567. The maximum atomic E-state index is 5.90. The van der Waals surface area contributed by atoms with Gasteiger partial charge in [0.2, 0.25) is 5.89 Å². The molecule has 0 radical (unpaired) electrons. The first-order chi connectivity index (χ1) is 11.8. The second kappa shape index (κ2) is 6.04. The van der Waals surface area contributed by atoms with Crippen LogP contribution in [0.1, 0.15) is 5.56 Å². The summed E-state index contributed by atoms with van der Waals surface area (Å²) in [6.07, 6.45) is 0. The van der Waals surface area contributed by atoms with Gasteiger partial charge in [0, 0.05) is 5.56 Å². The Morgan fingerprint density at radius 3 is 2.46 bits per heavy atom. The molecule has 24 heavy (non-hydrogen) atoms. The van der Waals surface area contributed by atoms with Gasteiger partial charge in [-0.3, -0.25) is 0 Å². The van der Waals surface area contributed by atoms with E-state index in [1.165, 1.54) is 10.8 Å². The highest BCUT2D eigenvalue weighted by Gasteiger charge is 2.07. The van der Waals surface area contributed by atoms with Crippen molar-refractivity contribution in [2.45, 2.75) is 6.61 Å². The number of nitrogen functional groups attached to an aromatic ring is 1. The number of ether oxygens (including phenoxy) is 1. The van der Waals surface area contributed by atoms with Crippen molar-refractivity contribution in [2.75, 3.05) is 5.73 Å². The number of benzene rings is 3. The van der Waals surface area contributed by atoms with Crippen molar-refractivity contribution >= 4 is 16.8 Å². The van der Waals surface area contributed by atoms with Crippen LogP contribution in [0.3, 0.4) is 0 Å².